The molecule has 0 aliphatic rings. The monoisotopic (exact) mass is 413 g/mol. The van der Waals surface area contributed by atoms with E-state index < -0.39 is 15.8 Å². The summed E-state index contributed by atoms with van der Waals surface area (Å²) in [6.45, 7) is -0.200. The summed E-state index contributed by atoms with van der Waals surface area (Å²) >= 11 is 3.02. The summed E-state index contributed by atoms with van der Waals surface area (Å²) in [7, 11) is -3.72. The lowest BCUT2D eigenvalue weighted by Crippen LogP contribution is -2.13. The van der Waals surface area contributed by atoms with Gasteiger partial charge >= 0.3 is 0 Å². The zero-order valence-corrected chi connectivity index (χ0v) is 13.2. The number of aliphatic hydroxyl groups is 1. The van der Waals surface area contributed by atoms with Crippen molar-refractivity contribution in [2.24, 2.45) is 0 Å². The van der Waals surface area contributed by atoms with Crippen LogP contribution < -0.4 is 4.72 Å². The summed E-state index contributed by atoms with van der Waals surface area (Å²) in [4.78, 5) is 0.649. The van der Waals surface area contributed by atoms with E-state index in [1.54, 1.807) is 0 Å². The Morgan fingerprint density at radius 3 is 2.68 bits per heavy atom. The molecular weight excluding hydrogens is 404 g/mol. The molecule has 8 heteroatoms. The molecule has 1 aromatic carbocycles. The Bertz CT molecular complexity index is 700. The predicted molar refractivity (Wildman–Crippen MR) is 80.2 cm³/mol. The largest absolute Gasteiger partial charge is 0.391 e. The van der Waals surface area contributed by atoms with Gasteiger partial charge in [-0.25, -0.2) is 12.8 Å². The molecule has 0 spiro atoms. The van der Waals surface area contributed by atoms with Crippen LogP contribution in [0.5, 0.6) is 0 Å². The van der Waals surface area contributed by atoms with Crippen LogP contribution in [0.2, 0.25) is 0 Å². The lowest BCUT2D eigenvalue weighted by molar-refractivity contribution is 0.285. The molecule has 2 aromatic rings. The highest BCUT2D eigenvalue weighted by atomic mass is 127. The van der Waals surface area contributed by atoms with Crippen LogP contribution in [0.15, 0.2) is 34.5 Å². The van der Waals surface area contributed by atoms with Crippen molar-refractivity contribution in [1.82, 2.24) is 0 Å². The standard InChI is InChI=1S/C11H9FINO3S2/c12-7-1-2-11(10(13)3-7)14-19(16,17)9-4-8(5-15)18-6-9/h1-4,6,14-15H,5H2. The van der Waals surface area contributed by atoms with E-state index >= 15 is 0 Å². The van der Waals surface area contributed by atoms with E-state index in [2.05, 4.69) is 4.72 Å². The second-order valence-corrected chi connectivity index (χ2v) is 7.48. The highest BCUT2D eigenvalue weighted by molar-refractivity contribution is 14.1. The Hall–Kier alpha value is -0.710. The first-order valence-corrected chi connectivity index (χ1v) is 8.52. The van der Waals surface area contributed by atoms with Gasteiger partial charge in [-0.2, -0.15) is 0 Å². The van der Waals surface area contributed by atoms with Gasteiger partial charge < -0.3 is 5.11 Å². The highest BCUT2D eigenvalue weighted by Crippen LogP contribution is 2.25. The van der Waals surface area contributed by atoms with E-state index in [0.717, 1.165) is 11.3 Å². The molecular formula is C11H9FINO3S2. The summed E-state index contributed by atoms with van der Waals surface area (Å²) in [5, 5.41) is 10.4. The zero-order chi connectivity index (χ0) is 14.0. The van der Waals surface area contributed by atoms with Gasteiger partial charge in [0.2, 0.25) is 0 Å². The van der Waals surface area contributed by atoms with Crippen molar-refractivity contribution in [1.29, 1.82) is 0 Å². The van der Waals surface area contributed by atoms with Crippen molar-refractivity contribution in [3.63, 3.8) is 0 Å². The summed E-state index contributed by atoms with van der Waals surface area (Å²) < 4.78 is 40.0. The summed E-state index contributed by atoms with van der Waals surface area (Å²) in [6, 6.07) is 5.20. The number of thiophene rings is 1. The first-order valence-electron chi connectivity index (χ1n) is 5.08. The van der Waals surface area contributed by atoms with Crippen LogP contribution in [0.1, 0.15) is 4.88 Å². The fraction of sp³-hybridized carbons (Fsp3) is 0.0909. The van der Waals surface area contributed by atoms with Crippen LogP contribution in [-0.2, 0) is 16.6 Å². The van der Waals surface area contributed by atoms with Gasteiger partial charge in [-0.15, -0.1) is 11.3 Å². The number of anilines is 1. The molecule has 0 fully saturated rings. The minimum atomic E-state index is -3.72. The summed E-state index contributed by atoms with van der Waals surface area (Å²) in [5.74, 6) is -0.426. The van der Waals surface area contributed by atoms with E-state index in [9.17, 15) is 12.8 Å². The maximum Gasteiger partial charge on any atom is 0.262 e. The van der Waals surface area contributed by atoms with Gasteiger partial charge in [0.05, 0.1) is 17.2 Å². The van der Waals surface area contributed by atoms with Gasteiger partial charge in [-0.1, -0.05) is 0 Å². The van der Waals surface area contributed by atoms with Crippen molar-refractivity contribution in [3.8, 4) is 0 Å². The molecule has 2 rings (SSSR count). The number of benzene rings is 1. The molecule has 0 atom stereocenters. The molecule has 0 amide bonds. The SMILES string of the molecule is O=S(=O)(Nc1ccc(F)cc1I)c1csc(CO)c1. The molecule has 2 N–H and O–H groups in total. The Balaban J connectivity index is 2.30. The van der Waals surface area contributed by atoms with Gasteiger partial charge in [-0.3, -0.25) is 4.72 Å². The molecule has 0 saturated heterocycles. The van der Waals surface area contributed by atoms with Crippen molar-refractivity contribution in [2.45, 2.75) is 11.5 Å². The lowest BCUT2D eigenvalue weighted by atomic mass is 10.3. The van der Waals surface area contributed by atoms with Crippen molar-refractivity contribution < 1.29 is 17.9 Å². The quantitative estimate of drug-likeness (QED) is 0.758. The number of halogens is 2. The molecule has 0 saturated carbocycles. The molecule has 0 aliphatic carbocycles. The van der Waals surface area contributed by atoms with E-state index in [1.165, 1.54) is 29.6 Å². The minimum Gasteiger partial charge on any atom is -0.391 e. The molecule has 0 bridgehead atoms. The van der Waals surface area contributed by atoms with Gasteiger partial charge in [0.1, 0.15) is 5.82 Å². The fourth-order valence-electron chi connectivity index (χ4n) is 1.36. The van der Waals surface area contributed by atoms with Crippen LogP contribution >= 0.6 is 33.9 Å². The maximum atomic E-state index is 12.9. The number of sulfonamides is 1. The normalized spacial score (nSPS) is 11.5. The topological polar surface area (TPSA) is 66.4 Å². The Kier molecular flexibility index (Phi) is 4.43. The second-order valence-electron chi connectivity index (χ2n) is 3.64. The number of hydrogen-bond donors (Lipinski definition) is 2. The van der Waals surface area contributed by atoms with E-state index in [1.807, 2.05) is 22.6 Å². The third-order valence-corrected chi connectivity index (χ3v) is 5.58. The average Bonchev–Trinajstić information content (AvgIpc) is 2.82. The predicted octanol–water partition coefficient (Wildman–Crippen LogP) is 2.78. The molecule has 0 aliphatic heterocycles. The first-order chi connectivity index (χ1) is 8.92. The molecule has 0 radical (unpaired) electrons. The van der Waals surface area contributed by atoms with Crippen molar-refractivity contribution in [2.75, 3.05) is 4.72 Å². The Morgan fingerprint density at radius 1 is 1.37 bits per heavy atom. The van der Waals surface area contributed by atoms with Gasteiger partial charge in [-0.05, 0) is 46.9 Å². The van der Waals surface area contributed by atoms with Gasteiger partial charge in [0.15, 0.2) is 0 Å². The molecule has 0 unspecified atom stereocenters. The summed E-state index contributed by atoms with van der Waals surface area (Å²) in [6.07, 6.45) is 0. The Labute approximate surface area is 127 Å². The molecule has 4 nitrogen and oxygen atoms in total. The van der Waals surface area contributed by atoms with Crippen LogP contribution in [0.3, 0.4) is 0 Å². The molecule has 1 heterocycles. The van der Waals surface area contributed by atoms with E-state index in [-0.39, 0.29) is 11.5 Å². The van der Waals surface area contributed by atoms with E-state index in [4.69, 9.17) is 5.11 Å². The maximum absolute atomic E-state index is 12.9. The van der Waals surface area contributed by atoms with Gasteiger partial charge in [0.25, 0.3) is 10.0 Å². The number of hydrogen-bond acceptors (Lipinski definition) is 4. The molecule has 102 valence electrons. The van der Waals surface area contributed by atoms with Gasteiger partial charge in [0, 0.05) is 13.8 Å². The van der Waals surface area contributed by atoms with Crippen LogP contribution in [0.25, 0.3) is 0 Å². The average molecular weight is 413 g/mol. The lowest BCUT2D eigenvalue weighted by Gasteiger charge is -2.08. The minimum absolute atomic E-state index is 0.0849. The molecule has 19 heavy (non-hydrogen) atoms. The van der Waals surface area contributed by atoms with Crippen LogP contribution in [-0.4, -0.2) is 13.5 Å². The number of nitrogens with one attached hydrogen (secondary N) is 1. The third kappa shape index (κ3) is 3.44. The van der Waals surface area contributed by atoms with Crippen LogP contribution in [0, 0.1) is 9.39 Å². The Morgan fingerprint density at radius 2 is 2.11 bits per heavy atom. The van der Waals surface area contributed by atoms with Crippen molar-refractivity contribution >= 4 is 49.6 Å². The second kappa shape index (κ2) is 5.73. The number of rotatable bonds is 4. The zero-order valence-electron chi connectivity index (χ0n) is 9.43. The fourth-order valence-corrected chi connectivity index (χ4v) is 4.37. The highest BCUT2D eigenvalue weighted by Gasteiger charge is 2.17. The van der Waals surface area contributed by atoms with Crippen molar-refractivity contribution in [3.05, 3.63) is 43.9 Å². The third-order valence-electron chi connectivity index (χ3n) is 2.27. The van der Waals surface area contributed by atoms with E-state index in [0.29, 0.717) is 14.1 Å². The molecule has 1 aromatic heterocycles. The smallest absolute Gasteiger partial charge is 0.262 e. The summed E-state index contributed by atoms with van der Waals surface area (Å²) in [5.41, 5.74) is 0.318. The first kappa shape index (κ1) is 14.7. The van der Waals surface area contributed by atoms with Crippen LogP contribution in [0.4, 0.5) is 10.1 Å². The number of aliphatic hydroxyl groups excluding tert-OH is 1.